The molecule has 0 aliphatic carbocycles. The molecule has 0 saturated carbocycles. The third-order valence-corrected chi connectivity index (χ3v) is 5.00. The summed E-state index contributed by atoms with van der Waals surface area (Å²) in [6.07, 6.45) is 4.60. The number of aldehydes is 1. The number of hydrogen-bond donors (Lipinski definition) is 1. The zero-order valence-electron chi connectivity index (χ0n) is 15.7. The van der Waals surface area contributed by atoms with Gasteiger partial charge in [-0.15, -0.1) is 0 Å². The summed E-state index contributed by atoms with van der Waals surface area (Å²) < 4.78 is 18.7. The van der Waals surface area contributed by atoms with Crippen molar-refractivity contribution in [3.8, 4) is 5.75 Å². The molecule has 0 radical (unpaired) electrons. The van der Waals surface area contributed by atoms with E-state index in [1.807, 2.05) is 0 Å². The number of likely N-dealkylation sites (tertiary alicyclic amines) is 1. The minimum Gasteiger partial charge on any atom is -0.496 e. The van der Waals surface area contributed by atoms with Crippen molar-refractivity contribution in [2.45, 2.75) is 25.2 Å². The summed E-state index contributed by atoms with van der Waals surface area (Å²) in [6.45, 7) is 2.49. The van der Waals surface area contributed by atoms with E-state index in [2.05, 4.69) is 14.9 Å². The van der Waals surface area contributed by atoms with E-state index in [0.717, 1.165) is 44.8 Å². The highest BCUT2D eigenvalue weighted by molar-refractivity contribution is 6.13. The van der Waals surface area contributed by atoms with Crippen LogP contribution in [0.15, 0.2) is 24.4 Å². The summed E-state index contributed by atoms with van der Waals surface area (Å²) >= 11 is 0. The normalized spacial score (nSPS) is 15.4. The van der Waals surface area contributed by atoms with Crippen LogP contribution in [-0.2, 0) is 4.79 Å². The number of rotatable bonds is 7. The van der Waals surface area contributed by atoms with Crippen LogP contribution in [0.3, 0.4) is 0 Å². The zero-order valence-corrected chi connectivity index (χ0v) is 15.7. The highest BCUT2D eigenvalue weighted by Gasteiger charge is 2.25. The molecule has 148 valence electrons. The molecule has 1 aromatic heterocycles. The maximum absolute atomic E-state index is 13.6. The summed E-state index contributed by atoms with van der Waals surface area (Å²) in [4.78, 5) is 34.2. The SMILES string of the molecule is COc1ccc(F)cc1C(=O)c1cnc(C2CCN(CCC=O)CC2)nc1N. The molecule has 1 saturated heterocycles. The van der Waals surface area contributed by atoms with E-state index in [0.29, 0.717) is 12.2 Å². The van der Waals surface area contributed by atoms with Gasteiger partial charge in [-0.05, 0) is 44.1 Å². The highest BCUT2D eigenvalue weighted by Crippen LogP contribution is 2.28. The molecule has 2 heterocycles. The van der Waals surface area contributed by atoms with Crippen molar-refractivity contribution in [1.29, 1.82) is 0 Å². The molecule has 1 aromatic carbocycles. The lowest BCUT2D eigenvalue weighted by Crippen LogP contribution is -2.34. The first-order valence-corrected chi connectivity index (χ1v) is 9.20. The van der Waals surface area contributed by atoms with Crippen molar-refractivity contribution in [2.24, 2.45) is 0 Å². The van der Waals surface area contributed by atoms with Crippen LogP contribution in [0.25, 0.3) is 0 Å². The average molecular weight is 386 g/mol. The van der Waals surface area contributed by atoms with Crippen molar-refractivity contribution < 1.29 is 18.7 Å². The van der Waals surface area contributed by atoms with Crippen molar-refractivity contribution in [3.05, 3.63) is 47.2 Å². The fourth-order valence-corrected chi connectivity index (χ4v) is 3.43. The second kappa shape index (κ2) is 8.88. The first-order valence-electron chi connectivity index (χ1n) is 9.20. The van der Waals surface area contributed by atoms with Gasteiger partial charge in [0.15, 0.2) is 0 Å². The Morgan fingerprint density at radius 3 is 2.75 bits per heavy atom. The van der Waals surface area contributed by atoms with E-state index in [1.54, 1.807) is 0 Å². The minimum absolute atomic E-state index is 0.0738. The van der Waals surface area contributed by atoms with Crippen LogP contribution < -0.4 is 10.5 Å². The van der Waals surface area contributed by atoms with E-state index in [-0.39, 0.29) is 28.6 Å². The fraction of sp³-hybridized carbons (Fsp3) is 0.400. The standard InChI is InChI=1S/C20H23FN4O3/c1-28-17-4-3-14(21)11-15(17)18(27)16-12-23-20(24-19(16)22)13-5-8-25(9-6-13)7-2-10-26/h3-4,10-13H,2,5-9H2,1H3,(H2,22,23,24). The van der Waals surface area contributed by atoms with Crippen LogP contribution in [0.4, 0.5) is 10.2 Å². The number of carbonyl (C=O) groups is 2. The van der Waals surface area contributed by atoms with Gasteiger partial charge < -0.3 is 20.2 Å². The van der Waals surface area contributed by atoms with Gasteiger partial charge in [-0.25, -0.2) is 14.4 Å². The van der Waals surface area contributed by atoms with Gasteiger partial charge in [-0.3, -0.25) is 4.79 Å². The number of nitrogens with zero attached hydrogens (tertiary/aromatic N) is 3. The number of aromatic nitrogens is 2. The summed E-state index contributed by atoms with van der Waals surface area (Å²) in [7, 11) is 1.41. The van der Waals surface area contributed by atoms with Gasteiger partial charge in [-0.1, -0.05) is 0 Å². The Morgan fingerprint density at radius 1 is 1.36 bits per heavy atom. The van der Waals surface area contributed by atoms with Gasteiger partial charge in [0.1, 0.15) is 29.5 Å². The van der Waals surface area contributed by atoms with Crippen molar-refractivity contribution >= 4 is 17.9 Å². The second-order valence-corrected chi connectivity index (χ2v) is 6.77. The van der Waals surface area contributed by atoms with Crippen LogP contribution in [0, 0.1) is 5.82 Å². The van der Waals surface area contributed by atoms with Gasteiger partial charge in [-0.2, -0.15) is 0 Å². The molecule has 0 amide bonds. The maximum atomic E-state index is 13.6. The molecule has 3 rings (SSSR count). The van der Waals surface area contributed by atoms with Gasteiger partial charge in [0, 0.05) is 25.1 Å². The summed E-state index contributed by atoms with van der Waals surface area (Å²) in [5, 5.41) is 0. The summed E-state index contributed by atoms with van der Waals surface area (Å²) in [6, 6.07) is 3.73. The predicted octanol–water partition coefficient (Wildman–Crippen LogP) is 2.21. The summed E-state index contributed by atoms with van der Waals surface area (Å²) in [5.41, 5.74) is 6.23. The molecular formula is C20H23FN4O3. The van der Waals surface area contributed by atoms with E-state index < -0.39 is 11.6 Å². The number of ketones is 1. The molecule has 0 unspecified atom stereocenters. The molecule has 8 heteroatoms. The smallest absolute Gasteiger partial charge is 0.202 e. The van der Waals surface area contributed by atoms with Gasteiger partial charge >= 0.3 is 0 Å². The number of benzene rings is 1. The van der Waals surface area contributed by atoms with Crippen molar-refractivity contribution in [1.82, 2.24) is 14.9 Å². The topological polar surface area (TPSA) is 98.4 Å². The molecule has 0 bridgehead atoms. The number of hydrogen-bond acceptors (Lipinski definition) is 7. The monoisotopic (exact) mass is 386 g/mol. The lowest BCUT2D eigenvalue weighted by atomic mass is 9.95. The molecule has 1 fully saturated rings. The van der Waals surface area contributed by atoms with Crippen LogP contribution in [-0.4, -0.2) is 53.7 Å². The van der Waals surface area contributed by atoms with E-state index in [1.165, 1.54) is 25.4 Å². The fourth-order valence-electron chi connectivity index (χ4n) is 3.43. The second-order valence-electron chi connectivity index (χ2n) is 6.77. The lowest BCUT2D eigenvalue weighted by Gasteiger charge is -2.30. The number of anilines is 1. The number of nitrogen functional groups attached to an aromatic ring is 1. The Kier molecular flexibility index (Phi) is 6.30. The molecule has 1 aliphatic heterocycles. The van der Waals surface area contributed by atoms with Gasteiger partial charge in [0.2, 0.25) is 5.78 Å². The quantitative estimate of drug-likeness (QED) is 0.575. The number of methoxy groups -OCH3 is 1. The molecule has 0 spiro atoms. The molecule has 7 nitrogen and oxygen atoms in total. The number of carbonyl (C=O) groups excluding carboxylic acids is 2. The Balaban J connectivity index is 1.75. The van der Waals surface area contributed by atoms with Gasteiger partial charge in [0.25, 0.3) is 0 Å². The largest absolute Gasteiger partial charge is 0.496 e. The number of ether oxygens (including phenoxy) is 1. The van der Waals surface area contributed by atoms with Crippen LogP contribution in [0.1, 0.15) is 46.9 Å². The third-order valence-electron chi connectivity index (χ3n) is 5.00. The number of nitrogens with two attached hydrogens (primary N) is 1. The Bertz CT molecular complexity index is 867. The van der Waals surface area contributed by atoms with Crippen LogP contribution in [0.5, 0.6) is 5.75 Å². The first-order chi connectivity index (χ1) is 13.5. The first kappa shape index (κ1) is 19.9. The third kappa shape index (κ3) is 4.33. The van der Waals surface area contributed by atoms with Crippen LogP contribution in [0.2, 0.25) is 0 Å². The number of piperidine rings is 1. The maximum Gasteiger partial charge on any atom is 0.202 e. The van der Waals surface area contributed by atoms with Crippen molar-refractivity contribution in [2.75, 3.05) is 32.5 Å². The van der Waals surface area contributed by atoms with Crippen LogP contribution >= 0.6 is 0 Å². The van der Waals surface area contributed by atoms with E-state index in [9.17, 15) is 14.0 Å². The molecule has 2 N–H and O–H groups in total. The van der Waals surface area contributed by atoms with E-state index >= 15 is 0 Å². The van der Waals surface area contributed by atoms with Crippen molar-refractivity contribution in [3.63, 3.8) is 0 Å². The molecule has 2 aromatic rings. The van der Waals surface area contributed by atoms with E-state index in [4.69, 9.17) is 10.5 Å². The molecule has 0 atom stereocenters. The molecule has 28 heavy (non-hydrogen) atoms. The Labute approximate surface area is 162 Å². The Morgan fingerprint density at radius 2 is 2.11 bits per heavy atom. The van der Waals surface area contributed by atoms with Gasteiger partial charge in [0.05, 0.1) is 18.2 Å². The zero-order chi connectivity index (χ0) is 20.1. The minimum atomic E-state index is -0.540. The average Bonchev–Trinajstić information content (AvgIpc) is 2.72. The Hall–Kier alpha value is -2.87. The number of halogens is 1. The molecular weight excluding hydrogens is 363 g/mol. The predicted molar refractivity (Wildman–Crippen MR) is 102 cm³/mol. The molecule has 1 aliphatic rings. The lowest BCUT2D eigenvalue weighted by molar-refractivity contribution is -0.108. The summed E-state index contributed by atoms with van der Waals surface area (Å²) in [5.74, 6) is 0.0749. The highest BCUT2D eigenvalue weighted by atomic mass is 19.1.